The highest BCUT2D eigenvalue weighted by atomic mass is 79.9. The van der Waals surface area contributed by atoms with Crippen LogP contribution in [0.25, 0.3) is 0 Å². The minimum Gasteiger partial charge on any atom is -0.229 e. The van der Waals surface area contributed by atoms with Crippen LogP contribution >= 0.6 is 31.9 Å². The molecule has 0 saturated heterocycles. The van der Waals surface area contributed by atoms with Gasteiger partial charge >= 0.3 is 0 Å². The third-order valence-corrected chi connectivity index (χ3v) is 5.83. The molecule has 5 nitrogen and oxygen atoms in total. The first kappa shape index (κ1) is 16.1. The smallest absolute Gasteiger partial charge is 0.229 e. The van der Waals surface area contributed by atoms with E-state index >= 15 is 0 Å². The van der Waals surface area contributed by atoms with Gasteiger partial charge in [-0.3, -0.25) is 0 Å². The molecule has 1 aromatic carbocycles. The average molecular weight is 421 g/mol. The highest BCUT2D eigenvalue weighted by molar-refractivity contribution is 9.11. The molecule has 0 spiro atoms. The molecule has 1 rings (SSSR count). The summed E-state index contributed by atoms with van der Waals surface area (Å²) < 4.78 is 49.0. The van der Waals surface area contributed by atoms with Gasteiger partial charge in [-0.1, -0.05) is 15.9 Å². The van der Waals surface area contributed by atoms with E-state index in [0.717, 1.165) is 10.7 Å². The molecule has 102 valence electrons. The lowest BCUT2D eigenvalue weighted by molar-refractivity contribution is 0.581. The maximum atomic E-state index is 11.9. The number of rotatable bonds is 5. The number of benzene rings is 1. The summed E-state index contributed by atoms with van der Waals surface area (Å²) >= 11 is 6.36. The van der Waals surface area contributed by atoms with Crippen molar-refractivity contribution in [1.29, 1.82) is 0 Å². The Hall–Kier alpha value is 0.0400. The van der Waals surface area contributed by atoms with Gasteiger partial charge in [-0.2, -0.15) is 0 Å². The average Bonchev–Trinajstić information content (AvgIpc) is 2.13. The minimum atomic E-state index is -3.71. The van der Waals surface area contributed by atoms with Gasteiger partial charge in [-0.05, 0) is 34.1 Å². The van der Waals surface area contributed by atoms with E-state index in [4.69, 9.17) is 0 Å². The monoisotopic (exact) mass is 419 g/mol. The molecule has 0 aromatic heterocycles. The van der Waals surface area contributed by atoms with Crippen molar-refractivity contribution in [3.63, 3.8) is 0 Å². The quantitative estimate of drug-likeness (QED) is 0.783. The zero-order valence-corrected chi connectivity index (χ0v) is 14.2. The second kappa shape index (κ2) is 6.00. The Morgan fingerprint density at radius 3 is 2.28 bits per heavy atom. The molecule has 0 unspecified atom stereocenters. The summed E-state index contributed by atoms with van der Waals surface area (Å²) in [5.41, 5.74) is 0. The highest BCUT2D eigenvalue weighted by Crippen LogP contribution is 2.25. The van der Waals surface area contributed by atoms with Gasteiger partial charge in [-0.15, -0.1) is 0 Å². The Labute approximate surface area is 123 Å². The molecule has 0 radical (unpaired) electrons. The van der Waals surface area contributed by atoms with E-state index in [2.05, 4.69) is 36.6 Å². The lowest BCUT2D eigenvalue weighted by Gasteiger charge is -2.08. The Morgan fingerprint density at radius 2 is 1.78 bits per heavy atom. The van der Waals surface area contributed by atoms with E-state index in [-0.39, 0.29) is 17.2 Å². The first-order chi connectivity index (χ1) is 8.12. The highest BCUT2D eigenvalue weighted by Gasteiger charge is 2.17. The van der Waals surface area contributed by atoms with Crippen molar-refractivity contribution in [2.24, 2.45) is 0 Å². The normalized spacial score (nSPS) is 12.6. The zero-order chi connectivity index (χ0) is 14.0. The van der Waals surface area contributed by atoms with Gasteiger partial charge in [0.05, 0.1) is 10.6 Å². The first-order valence-electron chi connectivity index (χ1n) is 4.74. The van der Waals surface area contributed by atoms with Gasteiger partial charge in [-0.25, -0.2) is 21.6 Å². The third kappa shape index (κ3) is 4.96. The predicted octanol–water partition coefficient (Wildman–Crippen LogP) is 1.53. The molecule has 0 heterocycles. The maximum Gasteiger partial charge on any atom is 0.241 e. The molecule has 0 aliphatic rings. The Morgan fingerprint density at radius 1 is 1.17 bits per heavy atom. The third-order valence-electron chi connectivity index (χ3n) is 1.95. The Bertz CT molecular complexity index is 641. The topological polar surface area (TPSA) is 80.3 Å². The molecule has 0 aliphatic carbocycles. The Balaban J connectivity index is 2.87. The van der Waals surface area contributed by atoms with Crippen molar-refractivity contribution in [2.75, 3.05) is 18.6 Å². The second-order valence-corrected chi connectivity index (χ2v) is 9.37. The lowest BCUT2D eigenvalue weighted by atomic mass is 10.4. The van der Waals surface area contributed by atoms with Gasteiger partial charge in [0, 0.05) is 21.7 Å². The summed E-state index contributed by atoms with van der Waals surface area (Å²) in [7, 11) is -6.90. The Kier molecular flexibility index (Phi) is 5.36. The molecule has 1 aromatic rings. The summed E-state index contributed by atoms with van der Waals surface area (Å²) in [5, 5.41) is 0. The molecule has 18 heavy (non-hydrogen) atoms. The van der Waals surface area contributed by atoms with Crippen LogP contribution < -0.4 is 4.72 Å². The summed E-state index contributed by atoms with van der Waals surface area (Å²) in [5.74, 6) is -0.236. The van der Waals surface area contributed by atoms with Gasteiger partial charge < -0.3 is 0 Å². The standard InChI is InChI=1S/C9H11Br2NO4S2/c1-17(13,14)5-4-12-18(15,16)9-3-2-7(10)6-8(9)11/h2-3,6,12H,4-5H2,1H3. The van der Waals surface area contributed by atoms with Gasteiger partial charge in [0.2, 0.25) is 10.0 Å². The van der Waals surface area contributed by atoms with Crippen LogP contribution in [0, 0.1) is 0 Å². The molecule has 1 N–H and O–H groups in total. The molecule has 9 heteroatoms. The maximum absolute atomic E-state index is 11.9. The minimum absolute atomic E-state index is 0.0687. The number of hydrogen-bond acceptors (Lipinski definition) is 4. The van der Waals surface area contributed by atoms with Crippen LogP contribution in [0.2, 0.25) is 0 Å². The molecule has 0 atom stereocenters. The lowest BCUT2D eigenvalue weighted by Crippen LogP contribution is -2.29. The van der Waals surface area contributed by atoms with E-state index in [1.807, 2.05) is 0 Å². The molecular weight excluding hydrogens is 410 g/mol. The molecule has 0 amide bonds. The molecule has 0 saturated carbocycles. The van der Waals surface area contributed by atoms with Crippen molar-refractivity contribution in [3.05, 3.63) is 27.1 Å². The SMILES string of the molecule is CS(=O)(=O)CCNS(=O)(=O)c1ccc(Br)cc1Br. The van der Waals surface area contributed by atoms with Crippen molar-refractivity contribution < 1.29 is 16.8 Å². The van der Waals surface area contributed by atoms with Crippen LogP contribution in [-0.4, -0.2) is 35.4 Å². The second-order valence-electron chi connectivity index (χ2n) is 3.60. The largest absolute Gasteiger partial charge is 0.241 e. The van der Waals surface area contributed by atoms with Crippen LogP contribution in [0.15, 0.2) is 32.0 Å². The molecular formula is C9H11Br2NO4S2. The van der Waals surface area contributed by atoms with Crippen LogP contribution in [0.5, 0.6) is 0 Å². The first-order valence-corrected chi connectivity index (χ1v) is 9.87. The van der Waals surface area contributed by atoms with Crippen molar-refractivity contribution >= 4 is 51.7 Å². The van der Waals surface area contributed by atoms with Crippen LogP contribution in [0.1, 0.15) is 0 Å². The summed E-state index contributed by atoms with van der Waals surface area (Å²) in [4.78, 5) is 0.0687. The summed E-state index contributed by atoms with van der Waals surface area (Å²) in [6.45, 7) is -0.149. The van der Waals surface area contributed by atoms with E-state index < -0.39 is 19.9 Å². The number of sulfonamides is 1. The van der Waals surface area contributed by atoms with Crippen LogP contribution in [0.4, 0.5) is 0 Å². The fourth-order valence-electron chi connectivity index (χ4n) is 1.13. The zero-order valence-electron chi connectivity index (χ0n) is 9.35. The van der Waals surface area contributed by atoms with Gasteiger partial charge in [0.1, 0.15) is 9.84 Å². The molecule has 0 bridgehead atoms. The van der Waals surface area contributed by atoms with Crippen molar-refractivity contribution in [2.45, 2.75) is 4.90 Å². The van der Waals surface area contributed by atoms with Crippen LogP contribution in [0.3, 0.4) is 0 Å². The number of halogens is 2. The summed E-state index contributed by atoms with van der Waals surface area (Å²) in [6.07, 6.45) is 1.05. The molecule has 0 aliphatic heterocycles. The van der Waals surface area contributed by atoms with Crippen molar-refractivity contribution in [1.82, 2.24) is 4.72 Å². The molecule has 0 fully saturated rings. The summed E-state index contributed by atoms with van der Waals surface area (Å²) in [6, 6.07) is 4.62. The fraction of sp³-hybridized carbons (Fsp3) is 0.333. The number of sulfone groups is 1. The number of nitrogens with one attached hydrogen (secondary N) is 1. The van der Waals surface area contributed by atoms with Gasteiger partial charge in [0.15, 0.2) is 0 Å². The van der Waals surface area contributed by atoms with E-state index in [1.165, 1.54) is 6.07 Å². The predicted molar refractivity (Wildman–Crippen MR) is 76.7 cm³/mol. The van der Waals surface area contributed by atoms with Crippen LogP contribution in [-0.2, 0) is 19.9 Å². The van der Waals surface area contributed by atoms with E-state index in [9.17, 15) is 16.8 Å². The van der Waals surface area contributed by atoms with Crippen molar-refractivity contribution in [3.8, 4) is 0 Å². The number of hydrogen-bond donors (Lipinski definition) is 1. The van der Waals surface area contributed by atoms with Gasteiger partial charge in [0.25, 0.3) is 0 Å². The van der Waals surface area contributed by atoms with E-state index in [0.29, 0.717) is 4.47 Å². The fourth-order valence-corrected chi connectivity index (χ4v) is 4.51. The van der Waals surface area contributed by atoms with E-state index in [1.54, 1.807) is 12.1 Å².